The third-order valence-corrected chi connectivity index (χ3v) is 6.61. The van der Waals surface area contributed by atoms with Crippen molar-refractivity contribution in [2.45, 2.75) is 0 Å². The zero-order chi connectivity index (χ0) is 29.5. The molecule has 0 aliphatic carbocycles. The van der Waals surface area contributed by atoms with E-state index in [9.17, 15) is 33.6 Å². The second kappa shape index (κ2) is 9.98. The van der Waals surface area contributed by atoms with Crippen LogP contribution < -0.4 is 10.9 Å². The van der Waals surface area contributed by atoms with Crippen LogP contribution in [-0.2, 0) is 0 Å². The first kappa shape index (κ1) is 25.9. The Morgan fingerprint density at radius 3 is 1.21 bits per heavy atom. The van der Waals surface area contributed by atoms with Crippen molar-refractivity contribution in [2.75, 3.05) is 0 Å². The maximum absolute atomic E-state index is 13.3. The molecule has 0 saturated carbocycles. The Morgan fingerprint density at radius 1 is 0.476 bits per heavy atom. The van der Waals surface area contributed by atoms with Crippen molar-refractivity contribution in [1.29, 1.82) is 0 Å². The number of carbonyl (C=O) groups excluding carboxylic acids is 7. The molecule has 0 unspecified atom stereocenters. The van der Waals surface area contributed by atoms with Crippen molar-refractivity contribution >= 4 is 41.2 Å². The van der Waals surface area contributed by atoms with E-state index in [0.717, 1.165) is 0 Å². The molecule has 6 rings (SSSR count). The van der Waals surface area contributed by atoms with Gasteiger partial charge in [-0.15, -0.1) is 0 Å². The van der Waals surface area contributed by atoms with Gasteiger partial charge in [0.05, 0.1) is 22.3 Å². The average Bonchev–Trinajstić information content (AvgIpc) is 3.40. The Balaban J connectivity index is 1.22. The van der Waals surface area contributed by atoms with Crippen molar-refractivity contribution in [3.8, 4) is 0 Å². The topological polar surface area (TPSA) is 176 Å². The smallest absolute Gasteiger partial charge is 0.280 e. The van der Waals surface area contributed by atoms with Crippen LogP contribution in [0, 0.1) is 0 Å². The standard InChI is InChI=1S/C29H16N6O7/c36-23(17-1-3-19-21(13-17)28(41)34(26(19)39)32-24(37)15-5-9-30-10-6-15)18-2-4-20-22(14-18)29(42)35(27(20)40)33-25(38)16-7-11-31-12-8-16/h1-14H,(H,32,37)(H,33,38). The third-order valence-electron chi connectivity index (χ3n) is 6.61. The summed E-state index contributed by atoms with van der Waals surface area (Å²) in [6.07, 6.45) is 5.53. The first-order valence-electron chi connectivity index (χ1n) is 12.3. The fourth-order valence-electron chi connectivity index (χ4n) is 4.47. The van der Waals surface area contributed by atoms with Crippen LogP contribution in [0.3, 0.4) is 0 Å². The van der Waals surface area contributed by atoms with E-state index < -0.39 is 41.2 Å². The zero-order valence-corrected chi connectivity index (χ0v) is 21.2. The summed E-state index contributed by atoms with van der Waals surface area (Å²) < 4.78 is 0. The van der Waals surface area contributed by atoms with Crippen molar-refractivity contribution in [3.05, 3.63) is 130 Å². The van der Waals surface area contributed by atoms with Gasteiger partial charge in [-0.2, -0.15) is 10.0 Å². The quantitative estimate of drug-likeness (QED) is 0.262. The average molecular weight is 560 g/mol. The minimum atomic E-state index is -0.831. The van der Waals surface area contributed by atoms with Gasteiger partial charge in [-0.25, -0.2) is 0 Å². The molecule has 6 amide bonds. The Bertz CT molecular complexity index is 1740. The van der Waals surface area contributed by atoms with Gasteiger partial charge in [-0.05, 0) is 48.5 Å². The highest BCUT2D eigenvalue weighted by Crippen LogP contribution is 2.27. The summed E-state index contributed by atoms with van der Waals surface area (Å²) in [6.45, 7) is 0. The molecule has 2 aliphatic heterocycles. The van der Waals surface area contributed by atoms with E-state index in [4.69, 9.17) is 0 Å². The van der Waals surface area contributed by atoms with E-state index >= 15 is 0 Å². The van der Waals surface area contributed by atoms with E-state index in [-0.39, 0.29) is 44.5 Å². The summed E-state index contributed by atoms with van der Waals surface area (Å²) in [5.74, 6) is -5.21. The summed E-state index contributed by atoms with van der Waals surface area (Å²) in [5.41, 5.74) is 4.71. The lowest BCUT2D eigenvalue weighted by molar-refractivity contribution is 0.0513. The normalized spacial score (nSPS) is 13.6. The van der Waals surface area contributed by atoms with Gasteiger partial charge in [-0.3, -0.25) is 54.4 Å². The molecule has 13 nitrogen and oxygen atoms in total. The van der Waals surface area contributed by atoms with Crippen LogP contribution in [0.15, 0.2) is 85.5 Å². The summed E-state index contributed by atoms with van der Waals surface area (Å²) in [6, 6.07) is 13.3. The maximum Gasteiger partial charge on any atom is 0.280 e. The summed E-state index contributed by atoms with van der Waals surface area (Å²) in [5, 5.41) is 1.13. The fourth-order valence-corrected chi connectivity index (χ4v) is 4.47. The first-order chi connectivity index (χ1) is 20.2. The number of ketones is 1. The summed E-state index contributed by atoms with van der Waals surface area (Å²) >= 11 is 0. The van der Waals surface area contributed by atoms with Gasteiger partial charge in [0.2, 0.25) is 0 Å². The lowest BCUT2D eigenvalue weighted by atomic mass is 9.96. The zero-order valence-electron chi connectivity index (χ0n) is 21.2. The highest BCUT2D eigenvalue weighted by atomic mass is 16.2. The van der Waals surface area contributed by atoms with Gasteiger partial charge in [0.1, 0.15) is 0 Å². The Morgan fingerprint density at radius 2 is 0.833 bits per heavy atom. The van der Waals surface area contributed by atoms with Crippen molar-refractivity contribution < 1.29 is 33.6 Å². The van der Waals surface area contributed by atoms with E-state index in [1.807, 2.05) is 0 Å². The molecule has 4 heterocycles. The van der Waals surface area contributed by atoms with Crippen LogP contribution in [0.4, 0.5) is 0 Å². The Kier molecular flexibility index (Phi) is 6.15. The molecule has 0 radical (unpaired) electrons. The maximum atomic E-state index is 13.3. The number of aromatic nitrogens is 2. The SMILES string of the molecule is O=C(NN1C(=O)c2ccc(C(=O)c3ccc4c(c3)C(=O)N(NC(=O)c3ccncc3)C4=O)cc2C1=O)c1ccncc1. The Hall–Kier alpha value is -6.37. The van der Waals surface area contributed by atoms with Gasteiger partial charge < -0.3 is 0 Å². The number of pyridine rings is 2. The predicted octanol–water partition coefficient (Wildman–Crippen LogP) is 1.59. The molecule has 2 N–H and O–H groups in total. The minimum Gasteiger partial charge on any atom is -0.289 e. The number of rotatable bonds is 6. The third kappa shape index (κ3) is 4.26. The monoisotopic (exact) mass is 560 g/mol. The van der Waals surface area contributed by atoms with Gasteiger partial charge in [0.15, 0.2) is 5.78 Å². The second-order valence-electron chi connectivity index (χ2n) is 9.09. The Labute approximate surface area is 235 Å². The van der Waals surface area contributed by atoms with Crippen molar-refractivity contribution in [1.82, 2.24) is 30.8 Å². The number of fused-ring (bicyclic) bond motifs is 2. The van der Waals surface area contributed by atoms with Crippen LogP contribution in [-0.4, -0.2) is 61.2 Å². The molecule has 2 aliphatic rings. The number of hydrogen-bond acceptors (Lipinski definition) is 9. The summed E-state index contributed by atoms with van der Waals surface area (Å²) in [4.78, 5) is 97.5. The lowest BCUT2D eigenvalue weighted by Gasteiger charge is -2.14. The van der Waals surface area contributed by atoms with Gasteiger partial charge in [0.25, 0.3) is 35.4 Å². The molecule has 13 heteroatoms. The summed E-state index contributed by atoms with van der Waals surface area (Å²) in [7, 11) is 0. The predicted molar refractivity (Wildman–Crippen MR) is 141 cm³/mol. The number of carbonyl (C=O) groups is 7. The number of hydrazine groups is 2. The van der Waals surface area contributed by atoms with E-state index in [2.05, 4.69) is 20.8 Å². The molecule has 0 bridgehead atoms. The van der Waals surface area contributed by atoms with Crippen LogP contribution >= 0.6 is 0 Å². The fraction of sp³-hybridized carbons (Fsp3) is 0. The highest BCUT2D eigenvalue weighted by Gasteiger charge is 2.39. The molecule has 0 saturated heterocycles. The molecular weight excluding hydrogens is 544 g/mol. The largest absolute Gasteiger partial charge is 0.289 e. The molecule has 2 aromatic heterocycles. The molecule has 2 aromatic carbocycles. The number of benzene rings is 2. The number of nitrogens with one attached hydrogen (secondary N) is 2. The van der Waals surface area contributed by atoms with E-state index in [1.54, 1.807) is 0 Å². The molecule has 4 aromatic rings. The van der Waals surface area contributed by atoms with Crippen LogP contribution in [0.5, 0.6) is 0 Å². The minimum absolute atomic E-state index is 0.0121. The van der Waals surface area contributed by atoms with E-state index in [0.29, 0.717) is 10.0 Å². The highest BCUT2D eigenvalue weighted by molar-refractivity contribution is 6.25. The number of amides is 6. The molecule has 0 fully saturated rings. The molecule has 0 spiro atoms. The molecular formula is C29H16N6O7. The molecule has 204 valence electrons. The lowest BCUT2D eigenvalue weighted by Crippen LogP contribution is -2.45. The molecule has 42 heavy (non-hydrogen) atoms. The van der Waals surface area contributed by atoms with Gasteiger partial charge in [0, 0.05) is 47.0 Å². The second-order valence-corrected chi connectivity index (χ2v) is 9.09. The number of hydrogen-bond donors (Lipinski definition) is 2. The van der Waals surface area contributed by atoms with Gasteiger partial charge >= 0.3 is 0 Å². The van der Waals surface area contributed by atoms with E-state index in [1.165, 1.54) is 85.5 Å². The van der Waals surface area contributed by atoms with Crippen LogP contribution in [0.1, 0.15) is 78.1 Å². The van der Waals surface area contributed by atoms with Crippen molar-refractivity contribution in [3.63, 3.8) is 0 Å². The van der Waals surface area contributed by atoms with Gasteiger partial charge in [-0.1, -0.05) is 12.1 Å². The number of imide groups is 2. The van der Waals surface area contributed by atoms with Crippen LogP contribution in [0.2, 0.25) is 0 Å². The molecule has 0 atom stereocenters. The van der Waals surface area contributed by atoms with Crippen molar-refractivity contribution in [2.24, 2.45) is 0 Å². The number of nitrogens with zero attached hydrogens (tertiary/aromatic N) is 4. The van der Waals surface area contributed by atoms with Crippen LogP contribution in [0.25, 0.3) is 0 Å². The first-order valence-corrected chi connectivity index (χ1v) is 12.3.